The zero-order chi connectivity index (χ0) is 15.9. The highest BCUT2D eigenvalue weighted by molar-refractivity contribution is 5.79. The summed E-state index contributed by atoms with van der Waals surface area (Å²) in [5.74, 6) is 1.73. The first kappa shape index (κ1) is 15.9. The molecular weight excluding hydrogens is 276 g/mol. The predicted molar refractivity (Wildman–Crippen MR) is 90.1 cm³/mol. The smallest absolute Gasteiger partial charge is 0.194 e. The molecule has 5 nitrogen and oxygen atoms in total. The van der Waals surface area contributed by atoms with E-state index in [4.69, 9.17) is 4.74 Å². The molecule has 0 saturated carbocycles. The van der Waals surface area contributed by atoms with Crippen molar-refractivity contribution < 1.29 is 4.74 Å². The lowest BCUT2D eigenvalue weighted by Gasteiger charge is -2.22. The van der Waals surface area contributed by atoms with Crippen LogP contribution in [0, 0.1) is 0 Å². The molecule has 0 spiro atoms. The lowest BCUT2D eigenvalue weighted by molar-refractivity contribution is 0.414. The van der Waals surface area contributed by atoms with Gasteiger partial charge in [0.1, 0.15) is 5.75 Å². The van der Waals surface area contributed by atoms with E-state index in [9.17, 15) is 0 Å². The van der Waals surface area contributed by atoms with Crippen LogP contribution in [0.1, 0.15) is 11.3 Å². The maximum Gasteiger partial charge on any atom is 0.194 e. The number of methoxy groups -OCH3 is 1. The minimum absolute atomic E-state index is 0.710. The van der Waals surface area contributed by atoms with Gasteiger partial charge in [-0.2, -0.15) is 0 Å². The van der Waals surface area contributed by atoms with Crippen molar-refractivity contribution in [1.82, 2.24) is 14.8 Å². The zero-order valence-electron chi connectivity index (χ0n) is 13.7. The minimum atomic E-state index is 0.710. The third kappa shape index (κ3) is 4.04. The standard InChI is InChI=1S/C17H24N4O/c1-18-17(21(3)13-15-8-6-10-20(15)2)19-12-14-7-5-9-16(11-14)22-4/h5-11H,12-13H2,1-4H3,(H,18,19). The largest absolute Gasteiger partial charge is 0.497 e. The molecule has 0 aliphatic rings. The number of aryl methyl sites for hydroxylation is 1. The van der Waals surface area contributed by atoms with Gasteiger partial charge >= 0.3 is 0 Å². The first-order chi connectivity index (χ1) is 10.6. The highest BCUT2D eigenvalue weighted by Crippen LogP contribution is 2.12. The fourth-order valence-corrected chi connectivity index (χ4v) is 2.33. The van der Waals surface area contributed by atoms with Crippen LogP contribution >= 0.6 is 0 Å². The van der Waals surface area contributed by atoms with E-state index in [1.165, 1.54) is 5.69 Å². The minimum Gasteiger partial charge on any atom is -0.497 e. The van der Waals surface area contributed by atoms with Crippen LogP contribution in [-0.4, -0.2) is 36.6 Å². The molecule has 22 heavy (non-hydrogen) atoms. The van der Waals surface area contributed by atoms with Crippen LogP contribution in [0.25, 0.3) is 0 Å². The molecule has 0 aliphatic carbocycles. The first-order valence-electron chi connectivity index (χ1n) is 7.29. The van der Waals surface area contributed by atoms with Crippen LogP contribution in [0.2, 0.25) is 0 Å². The van der Waals surface area contributed by atoms with Crippen molar-refractivity contribution in [2.45, 2.75) is 13.1 Å². The van der Waals surface area contributed by atoms with E-state index in [0.717, 1.165) is 23.8 Å². The van der Waals surface area contributed by atoms with Gasteiger partial charge in [-0.3, -0.25) is 4.99 Å². The van der Waals surface area contributed by atoms with Gasteiger partial charge in [-0.15, -0.1) is 0 Å². The fraction of sp³-hybridized carbons (Fsp3) is 0.353. The summed E-state index contributed by atoms with van der Waals surface area (Å²) >= 11 is 0. The fourth-order valence-electron chi connectivity index (χ4n) is 2.33. The van der Waals surface area contributed by atoms with Gasteiger partial charge in [-0.05, 0) is 29.8 Å². The molecule has 0 bridgehead atoms. The predicted octanol–water partition coefficient (Wildman–Crippen LogP) is 2.24. The highest BCUT2D eigenvalue weighted by Gasteiger charge is 2.08. The second kappa shape index (κ2) is 7.54. The lowest BCUT2D eigenvalue weighted by atomic mass is 10.2. The van der Waals surface area contributed by atoms with Crippen molar-refractivity contribution in [2.24, 2.45) is 12.0 Å². The molecule has 0 radical (unpaired) electrons. The molecular formula is C17H24N4O. The molecule has 118 valence electrons. The molecule has 1 aromatic carbocycles. The SMILES string of the molecule is CN=C(NCc1cccc(OC)c1)N(C)Cc1cccn1C. The number of hydrogen-bond donors (Lipinski definition) is 1. The molecule has 0 aliphatic heterocycles. The average Bonchev–Trinajstić information content (AvgIpc) is 2.93. The van der Waals surface area contributed by atoms with E-state index < -0.39 is 0 Å². The van der Waals surface area contributed by atoms with E-state index in [-0.39, 0.29) is 0 Å². The third-order valence-electron chi connectivity index (χ3n) is 3.61. The summed E-state index contributed by atoms with van der Waals surface area (Å²) < 4.78 is 7.36. The van der Waals surface area contributed by atoms with Crippen molar-refractivity contribution in [3.63, 3.8) is 0 Å². The summed E-state index contributed by atoms with van der Waals surface area (Å²) in [4.78, 5) is 6.45. The summed E-state index contributed by atoms with van der Waals surface area (Å²) in [6, 6.07) is 12.2. The van der Waals surface area contributed by atoms with Gasteiger partial charge in [0, 0.05) is 39.6 Å². The Morgan fingerprint density at radius 1 is 1.32 bits per heavy atom. The molecule has 0 saturated heterocycles. The van der Waals surface area contributed by atoms with Gasteiger partial charge in [-0.25, -0.2) is 0 Å². The second-order valence-corrected chi connectivity index (χ2v) is 5.22. The van der Waals surface area contributed by atoms with Crippen LogP contribution in [0.3, 0.4) is 0 Å². The molecule has 2 rings (SSSR count). The quantitative estimate of drug-likeness (QED) is 0.680. The van der Waals surface area contributed by atoms with Gasteiger partial charge in [0.05, 0.1) is 13.7 Å². The summed E-state index contributed by atoms with van der Waals surface area (Å²) in [6.45, 7) is 1.52. The van der Waals surface area contributed by atoms with Gasteiger partial charge in [0.2, 0.25) is 0 Å². The summed E-state index contributed by atoms with van der Waals surface area (Å²) in [6.07, 6.45) is 2.05. The van der Waals surface area contributed by atoms with Crippen LogP contribution in [0.4, 0.5) is 0 Å². The second-order valence-electron chi connectivity index (χ2n) is 5.22. The first-order valence-corrected chi connectivity index (χ1v) is 7.29. The number of nitrogens with one attached hydrogen (secondary N) is 1. The third-order valence-corrected chi connectivity index (χ3v) is 3.61. The number of hydrogen-bond acceptors (Lipinski definition) is 2. The Morgan fingerprint density at radius 3 is 2.77 bits per heavy atom. The Labute approximate surface area is 132 Å². The van der Waals surface area contributed by atoms with Crippen LogP contribution in [-0.2, 0) is 20.1 Å². The average molecular weight is 300 g/mol. The number of guanidine groups is 1. The maximum absolute atomic E-state index is 5.25. The van der Waals surface area contributed by atoms with E-state index >= 15 is 0 Å². The molecule has 0 amide bonds. The Morgan fingerprint density at radius 2 is 2.14 bits per heavy atom. The number of ether oxygens (including phenoxy) is 1. The number of benzene rings is 1. The monoisotopic (exact) mass is 300 g/mol. The highest BCUT2D eigenvalue weighted by atomic mass is 16.5. The molecule has 2 aromatic rings. The van der Waals surface area contributed by atoms with Crippen molar-refractivity contribution in [1.29, 1.82) is 0 Å². The normalized spacial score (nSPS) is 11.4. The van der Waals surface area contributed by atoms with Gasteiger partial charge in [0.25, 0.3) is 0 Å². The topological polar surface area (TPSA) is 41.8 Å². The van der Waals surface area contributed by atoms with Crippen LogP contribution < -0.4 is 10.1 Å². The van der Waals surface area contributed by atoms with E-state index in [0.29, 0.717) is 6.54 Å². The van der Waals surface area contributed by atoms with E-state index in [2.05, 4.69) is 51.2 Å². The zero-order valence-corrected chi connectivity index (χ0v) is 13.7. The molecule has 0 atom stereocenters. The van der Waals surface area contributed by atoms with Crippen molar-refractivity contribution in [2.75, 3.05) is 21.2 Å². The Kier molecular flexibility index (Phi) is 5.47. The van der Waals surface area contributed by atoms with Gasteiger partial charge in [0.15, 0.2) is 5.96 Å². The van der Waals surface area contributed by atoms with Gasteiger partial charge in [-0.1, -0.05) is 12.1 Å². The van der Waals surface area contributed by atoms with E-state index in [1.807, 2.05) is 25.2 Å². The summed E-state index contributed by atoms with van der Waals surface area (Å²) in [5, 5.41) is 3.38. The van der Waals surface area contributed by atoms with Crippen LogP contribution in [0.5, 0.6) is 5.75 Å². The van der Waals surface area contributed by atoms with E-state index in [1.54, 1.807) is 14.2 Å². The number of nitrogens with zero attached hydrogens (tertiary/aromatic N) is 3. The van der Waals surface area contributed by atoms with Crippen molar-refractivity contribution >= 4 is 5.96 Å². The van der Waals surface area contributed by atoms with Crippen molar-refractivity contribution in [3.8, 4) is 5.75 Å². The van der Waals surface area contributed by atoms with Crippen LogP contribution in [0.15, 0.2) is 47.6 Å². The van der Waals surface area contributed by atoms with Gasteiger partial charge < -0.3 is 19.5 Å². The molecule has 1 heterocycles. The van der Waals surface area contributed by atoms with Crippen molar-refractivity contribution in [3.05, 3.63) is 53.9 Å². The molecule has 5 heteroatoms. The number of rotatable bonds is 5. The summed E-state index contributed by atoms with van der Waals surface area (Å²) in [5.41, 5.74) is 2.40. The molecule has 0 fully saturated rings. The maximum atomic E-state index is 5.25. The Hall–Kier alpha value is -2.43. The lowest BCUT2D eigenvalue weighted by Crippen LogP contribution is -2.38. The molecule has 0 unspecified atom stereocenters. The number of aliphatic imine (C=N–C) groups is 1. The Balaban J connectivity index is 1.95. The molecule has 1 N–H and O–H groups in total. The number of aromatic nitrogens is 1. The Bertz CT molecular complexity index is 633. The summed E-state index contributed by atoms with van der Waals surface area (Å²) in [7, 11) is 7.57. The molecule has 1 aromatic heterocycles.